The number of rotatable bonds is 9. The van der Waals surface area contributed by atoms with E-state index < -0.39 is 6.04 Å². The Labute approximate surface area is 164 Å². The van der Waals surface area contributed by atoms with Gasteiger partial charge in [-0.1, -0.05) is 48.5 Å². The van der Waals surface area contributed by atoms with Gasteiger partial charge in [0.15, 0.2) is 0 Å². The minimum absolute atomic E-state index is 0.0729. The minimum atomic E-state index is -0.666. The predicted octanol–water partition coefficient (Wildman–Crippen LogP) is 3.61. The fraction of sp³-hybridized carbons (Fsp3) is 0.333. The molecule has 0 aliphatic carbocycles. The van der Waals surface area contributed by atoms with Crippen LogP contribution in [0.4, 0.5) is 4.39 Å². The highest BCUT2D eigenvalue weighted by atomic mass is 32.2. The molecule has 1 atom stereocenters. The molecule has 1 N–H and O–H groups in total. The highest BCUT2D eigenvalue weighted by molar-refractivity contribution is 7.98. The molecular weight excluding hydrogens is 363 g/mol. The van der Waals surface area contributed by atoms with Crippen molar-refractivity contribution in [3.63, 3.8) is 0 Å². The van der Waals surface area contributed by atoms with E-state index in [0.717, 1.165) is 5.75 Å². The molecule has 4 nitrogen and oxygen atoms in total. The minimum Gasteiger partial charge on any atom is -0.357 e. The van der Waals surface area contributed by atoms with E-state index in [1.807, 2.05) is 30.3 Å². The van der Waals surface area contributed by atoms with Crippen LogP contribution >= 0.6 is 11.8 Å². The summed E-state index contributed by atoms with van der Waals surface area (Å²) in [4.78, 5) is 26.2. The molecule has 0 heterocycles. The summed E-state index contributed by atoms with van der Waals surface area (Å²) in [6.45, 7) is 1.73. The van der Waals surface area contributed by atoms with Crippen LogP contribution in [0.5, 0.6) is 0 Å². The lowest BCUT2D eigenvalue weighted by Gasteiger charge is -2.28. The molecule has 2 amide bonds. The summed E-state index contributed by atoms with van der Waals surface area (Å²) >= 11 is 1.67. The Morgan fingerprint density at radius 3 is 2.44 bits per heavy atom. The molecule has 0 saturated carbocycles. The molecule has 0 aliphatic rings. The van der Waals surface area contributed by atoms with Gasteiger partial charge in [-0.25, -0.2) is 4.39 Å². The molecule has 0 unspecified atom stereocenters. The largest absolute Gasteiger partial charge is 0.357 e. The van der Waals surface area contributed by atoms with Crippen molar-refractivity contribution in [1.29, 1.82) is 0 Å². The zero-order chi connectivity index (χ0) is 19.6. The van der Waals surface area contributed by atoms with Gasteiger partial charge in [-0.3, -0.25) is 9.59 Å². The van der Waals surface area contributed by atoms with Crippen LogP contribution in [0.1, 0.15) is 24.5 Å². The van der Waals surface area contributed by atoms with Crippen molar-refractivity contribution >= 4 is 23.6 Å². The van der Waals surface area contributed by atoms with Crippen LogP contribution in [0.2, 0.25) is 0 Å². The summed E-state index contributed by atoms with van der Waals surface area (Å²) in [7, 11) is 1.53. The number of hydrogen-bond acceptors (Lipinski definition) is 3. The van der Waals surface area contributed by atoms with Crippen molar-refractivity contribution in [2.45, 2.75) is 31.7 Å². The summed E-state index contributed by atoms with van der Waals surface area (Å²) in [6.07, 6.45) is 0.299. The van der Waals surface area contributed by atoms with Crippen LogP contribution in [-0.4, -0.2) is 35.6 Å². The first-order chi connectivity index (χ1) is 13.0. The van der Waals surface area contributed by atoms with Crippen LogP contribution in [0.25, 0.3) is 0 Å². The standard InChI is InChI=1S/C21H25FN2O2S/c1-16(21(26)23-2)24(14-18-10-6-7-11-19(18)22)20(25)12-13-27-15-17-8-4-3-5-9-17/h3-11,16H,12-15H2,1-2H3,(H,23,26)/t16-/m1/s1. The molecule has 6 heteroatoms. The lowest BCUT2D eigenvalue weighted by Crippen LogP contribution is -2.46. The Morgan fingerprint density at radius 1 is 1.11 bits per heavy atom. The maximum Gasteiger partial charge on any atom is 0.242 e. The number of hydrogen-bond donors (Lipinski definition) is 1. The Morgan fingerprint density at radius 2 is 1.78 bits per heavy atom. The van der Waals surface area contributed by atoms with Gasteiger partial charge < -0.3 is 10.2 Å². The van der Waals surface area contributed by atoms with Crippen LogP contribution in [-0.2, 0) is 21.9 Å². The fourth-order valence-electron chi connectivity index (χ4n) is 2.67. The van der Waals surface area contributed by atoms with Crippen molar-refractivity contribution in [3.05, 3.63) is 71.5 Å². The summed E-state index contributed by atoms with van der Waals surface area (Å²) < 4.78 is 14.0. The summed E-state index contributed by atoms with van der Waals surface area (Å²) in [5.41, 5.74) is 1.61. The lowest BCUT2D eigenvalue weighted by molar-refractivity contribution is -0.140. The third-order valence-corrected chi connectivity index (χ3v) is 5.31. The monoisotopic (exact) mass is 388 g/mol. The highest BCUT2D eigenvalue weighted by Crippen LogP contribution is 2.17. The summed E-state index contributed by atoms with van der Waals surface area (Å²) in [5, 5.41) is 2.56. The number of nitrogens with one attached hydrogen (secondary N) is 1. The smallest absolute Gasteiger partial charge is 0.242 e. The van der Waals surface area contributed by atoms with E-state index in [4.69, 9.17) is 0 Å². The quantitative estimate of drug-likeness (QED) is 0.668. The van der Waals surface area contributed by atoms with Gasteiger partial charge in [0.2, 0.25) is 11.8 Å². The second kappa shape index (κ2) is 10.7. The Bertz CT molecular complexity index is 755. The van der Waals surface area contributed by atoms with Crippen LogP contribution in [0.15, 0.2) is 54.6 Å². The number of nitrogens with zero attached hydrogens (tertiary/aromatic N) is 1. The average Bonchev–Trinajstić information content (AvgIpc) is 2.70. The topological polar surface area (TPSA) is 49.4 Å². The maximum atomic E-state index is 14.0. The fourth-order valence-corrected chi connectivity index (χ4v) is 3.56. The van der Waals surface area contributed by atoms with Crippen molar-refractivity contribution in [3.8, 4) is 0 Å². The van der Waals surface area contributed by atoms with Crippen LogP contribution in [0, 0.1) is 5.82 Å². The predicted molar refractivity (Wildman–Crippen MR) is 108 cm³/mol. The zero-order valence-electron chi connectivity index (χ0n) is 15.7. The van der Waals surface area contributed by atoms with Crippen molar-refractivity contribution in [1.82, 2.24) is 10.2 Å². The van der Waals surface area contributed by atoms with Gasteiger partial charge in [0, 0.05) is 37.1 Å². The second-order valence-corrected chi connectivity index (χ2v) is 7.30. The Balaban J connectivity index is 1.98. The molecule has 0 aliphatic heterocycles. The molecule has 2 rings (SSSR count). The molecular formula is C21H25FN2O2S. The van der Waals surface area contributed by atoms with E-state index in [1.54, 1.807) is 36.9 Å². The molecule has 0 spiro atoms. The van der Waals surface area contributed by atoms with E-state index in [9.17, 15) is 14.0 Å². The van der Waals surface area contributed by atoms with E-state index in [1.165, 1.54) is 23.6 Å². The van der Waals surface area contributed by atoms with Crippen LogP contribution < -0.4 is 5.32 Å². The average molecular weight is 389 g/mol. The first kappa shape index (κ1) is 21.0. The van der Waals surface area contributed by atoms with Crippen LogP contribution in [0.3, 0.4) is 0 Å². The molecule has 0 saturated heterocycles. The molecule has 0 bridgehead atoms. The molecule has 0 fully saturated rings. The number of carbonyl (C=O) groups is 2. The maximum absolute atomic E-state index is 14.0. The van der Waals surface area contributed by atoms with E-state index >= 15 is 0 Å². The summed E-state index contributed by atoms with van der Waals surface area (Å²) in [5.74, 6) is 0.665. The number of thioether (sulfide) groups is 1. The normalized spacial score (nSPS) is 11.7. The van der Waals surface area contributed by atoms with E-state index in [-0.39, 0.29) is 24.2 Å². The molecule has 0 aromatic heterocycles. The summed E-state index contributed by atoms with van der Waals surface area (Å²) in [6, 6.07) is 15.7. The van der Waals surface area contributed by atoms with E-state index in [2.05, 4.69) is 5.32 Å². The zero-order valence-corrected chi connectivity index (χ0v) is 16.5. The molecule has 2 aromatic rings. The molecule has 27 heavy (non-hydrogen) atoms. The van der Waals surface area contributed by atoms with Gasteiger partial charge >= 0.3 is 0 Å². The number of likely N-dealkylation sites (N-methyl/N-ethyl adjacent to an activating group) is 1. The lowest BCUT2D eigenvalue weighted by atomic mass is 10.1. The third kappa shape index (κ3) is 6.40. The highest BCUT2D eigenvalue weighted by Gasteiger charge is 2.25. The van der Waals surface area contributed by atoms with Gasteiger partial charge in [-0.05, 0) is 18.6 Å². The third-order valence-electron chi connectivity index (χ3n) is 4.28. The van der Waals surface area contributed by atoms with Gasteiger partial charge in [-0.2, -0.15) is 11.8 Å². The van der Waals surface area contributed by atoms with E-state index in [0.29, 0.717) is 17.7 Å². The van der Waals surface area contributed by atoms with Gasteiger partial charge in [0.25, 0.3) is 0 Å². The number of benzene rings is 2. The Hall–Kier alpha value is -2.34. The first-order valence-electron chi connectivity index (χ1n) is 8.89. The second-order valence-electron chi connectivity index (χ2n) is 6.19. The SMILES string of the molecule is CNC(=O)[C@@H](C)N(Cc1ccccc1F)C(=O)CCSCc1ccccc1. The van der Waals surface area contributed by atoms with Gasteiger partial charge in [0.1, 0.15) is 11.9 Å². The number of halogens is 1. The molecule has 144 valence electrons. The number of amides is 2. The molecule has 0 radical (unpaired) electrons. The van der Waals surface area contributed by atoms with Gasteiger partial charge in [0.05, 0.1) is 0 Å². The van der Waals surface area contributed by atoms with Gasteiger partial charge in [-0.15, -0.1) is 0 Å². The van der Waals surface area contributed by atoms with Crippen molar-refractivity contribution in [2.75, 3.05) is 12.8 Å². The molecule has 2 aromatic carbocycles. The Kier molecular flexibility index (Phi) is 8.33. The number of carbonyl (C=O) groups excluding carboxylic acids is 2. The van der Waals surface area contributed by atoms with Crippen molar-refractivity contribution in [2.24, 2.45) is 0 Å². The van der Waals surface area contributed by atoms with Crippen molar-refractivity contribution < 1.29 is 14.0 Å². The first-order valence-corrected chi connectivity index (χ1v) is 10.0.